The van der Waals surface area contributed by atoms with E-state index >= 15 is 0 Å². The van der Waals surface area contributed by atoms with Gasteiger partial charge >= 0.3 is 0 Å². The van der Waals surface area contributed by atoms with E-state index in [0.717, 1.165) is 0 Å². The topological polar surface area (TPSA) is 89.0 Å². The monoisotopic (exact) mass is 410 g/mol. The molecule has 0 radical (unpaired) electrons. The number of aromatic nitrogens is 1. The van der Waals surface area contributed by atoms with Crippen LogP contribution in [0.4, 0.5) is 0 Å². The molecule has 0 saturated carbocycles. The second kappa shape index (κ2) is 9.54. The maximum absolute atomic E-state index is 12.8. The largest absolute Gasteiger partial charge is 0.507 e. The molecule has 30 heavy (non-hydrogen) atoms. The van der Waals surface area contributed by atoms with Crippen molar-refractivity contribution < 1.29 is 24.2 Å². The number of rotatable bonds is 8. The zero-order valence-electron chi connectivity index (χ0n) is 17.4. The first-order valence-corrected chi connectivity index (χ1v) is 9.84. The molecule has 0 bridgehead atoms. The van der Waals surface area contributed by atoms with E-state index in [-0.39, 0.29) is 24.5 Å². The van der Waals surface area contributed by atoms with Crippen LogP contribution in [0.5, 0.6) is 5.75 Å². The van der Waals surface area contributed by atoms with Gasteiger partial charge in [-0.15, -0.1) is 0 Å². The van der Waals surface area contributed by atoms with E-state index in [1.807, 2.05) is 0 Å². The first-order valence-electron chi connectivity index (χ1n) is 9.84. The molecule has 1 fully saturated rings. The highest BCUT2D eigenvalue weighted by Gasteiger charge is 2.45. The number of aliphatic hydroxyl groups is 1. The lowest BCUT2D eigenvalue weighted by atomic mass is 9.96. The number of ketones is 1. The Morgan fingerprint density at radius 3 is 2.53 bits per heavy atom. The van der Waals surface area contributed by atoms with Gasteiger partial charge in [-0.3, -0.25) is 14.6 Å². The Morgan fingerprint density at radius 1 is 1.20 bits per heavy atom. The molecule has 1 aliphatic heterocycles. The number of carbonyl (C=O) groups is 2. The van der Waals surface area contributed by atoms with Gasteiger partial charge in [0.1, 0.15) is 11.5 Å². The van der Waals surface area contributed by atoms with Crippen molar-refractivity contribution in [2.75, 3.05) is 26.9 Å². The molecule has 1 amide bonds. The lowest BCUT2D eigenvalue weighted by molar-refractivity contribution is -0.140. The summed E-state index contributed by atoms with van der Waals surface area (Å²) >= 11 is 0. The average molecular weight is 410 g/mol. The number of methoxy groups -OCH3 is 1. The van der Waals surface area contributed by atoms with Crippen molar-refractivity contribution in [2.24, 2.45) is 5.92 Å². The average Bonchev–Trinajstić information content (AvgIpc) is 3.01. The van der Waals surface area contributed by atoms with E-state index in [1.54, 1.807) is 48.8 Å². The summed E-state index contributed by atoms with van der Waals surface area (Å²) in [6, 6.07) is 9.59. The normalized spacial score (nSPS) is 18.3. The van der Waals surface area contributed by atoms with Crippen molar-refractivity contribution in [1.29, 1.82) is 0 Å². The predicted molar refractivity (Wildman–Crippen MR) is 112 cm³/mol. The fraction of sp³-hybridized carbons (Fsp3) is 0.348. The molecule has 158 valence electrons. The van der Waals surface area contributed by atoms with Gasteiger partial charge in [-0.25, -0.2) is 0 Å². The molecule has 0 aliphatic carbocycles. The number of likely N-dealkylation sites (tertiary alicyclic amines) is 1. The Bertz CT molecular complexity index is 922. The molecule has 2 aromatic rings. The number of pyridine rings is 1. The molecule has 1 atom stereocenters. The van der Waals surface area contributed by atoms with E-state index in [4.69, 9.17) is 9.47 Å². The van der Waals surface area contributed by atoms with Gasteiger partial charge in [-0.1, -0.05) is 19.9 Å². The number of benzene rings is 1. The van der Waals surface area contributed by atoms with Crippen LogP contribution < -0.4 is 4.74 Å². The fourth-order valence-electron chi connectivity index (χ4n) is 3.31. The lowest BCUT2D eigenvalue weighted by Crippen LogP contribution is -2.32. The van der Waals surface area contributed by atoms with Crippen LogP contribution in [0.3, 0.4) is 0 Å². The second-order valence-corrected chi connectivity index (χ2v) is 7.50. The summed E-state index contributed by atoms with van der Waals surface area (Å²) in [4.78, 5) is 31.0. The number of carbonyl (C=O) groups excluding carboxylic acids is 2. The quantitative estimate of drug-likeness (QED) is 0.408. The molecular formula is C23H26N2O5. The van der Waals surface area contributed by atoms with Crippen LogP contribution in [0.25, 0.3) is 5.76 Å². The number of hydrogen-bond donors (Lipinski definition) is 1. The van der Waals surface area contributed by atoms with Gasteiger partial charge in [0.05, 0.1) is 24.8 Å². The number of ether oxygens (including phenoxy) is 2. The smallest absolute Gasteiger partial charge is 0.295 e. The third-order valence-electron chi connectivity index (χ3n) is 4.79. The molecule has 1 N–H and O–H groups in total. The van der Waals surface area contributed by atoms with Crippen molar-refractivity contribution >= 4 is 17.4 Å². The van der Waals surface area contributed by atoms with Gasteiger partial charge in [0.15, 0.2) is 0 Å². The summed E-state index contributed by atoms with van der Waals surface area (Å²) in [5.41, 5.74) is 1.12. The third kappa shape index (κ3) is 4.52. The van der Waals surface area contributed by atoms with Crippen LogP contribution in [0.1, 0.15) is 31.0 Å². The Hall–Kier alpha value is -3.19. The third-order valence-corrected chi connectivity index (χ3v) is 4.79. The molecular weight excluding hydrogens is 384 g/mol. The highest BCUT2D eigenvalue weighted by atomic mass is 16.5. The maximum Gasteiger partial charge on any atom is 0.295 e. The Kier molecular flexibility index (Phi) is 6.84. The molecule has 0 unspecified atom stereocenters. The van der Waals surface area contributed by atoms with Crippen LogP contribution >= 0.6 is 0 Å². The lowest BCUT2D eigenvalue weighted by Gasteiger charge is -2.24. The summed E-state index contributed by atoms with van der Waals surface area (Å²) < 4.78 is 10.8. The van der Waals surface area contributed by atoms with Gasteiger partial charge < -0.3 is 19.5 Å². The van der Waals surface area contributed by atoms with Gasteiger partial charge in [-0.2, -0.15) is 0 Å². The predicted octanol–water partition coefficient (Wildman–Crippen LogP) is 3.18. The first-order chi connectivity index (χ1) is 14.4. The zero-order chi connectivity index (χ0) is 21.7. The molecule has 7 heteroatoms. The van der Waals surface area contributed by atoms with Crippen molar-refractivity contribution in [3.63, 3.8) is 0 Å². The standard InChI is InChI=1S/C23H26N2O5/c1-15(2)14-30-18-8-6-16(7-9-18)21(26)19-20(17-5-4-10-24-13-17)25(11-12-29-3)23(28)22(19)27/h4-10,13,15,20,26H,11-12,14H2,1-3H3/b21-19+/t20-/m0/s1. The molecule has 1 aromatic heterocycles. The maximum atomic E-state index is 12.8. The van der Waals surface area contributed by atoms with Gasteiger partial charge in [-0.05, 0) is 41.8 Å². The Morgan fingerprint density at radius 2 is 1.93 bits per heavy atom. The minimum absolute atomic E-state index is 0.0416. The number of Topliss-reactive ketones (excluding diaryl/α,β-unsaturated/α-hetero) is 1. The van der Waals surface area contributed by atoms with Crippen LogP contribution in [0.2, 0.25) is 0 Å². The number of hydrogen-bond acceptors (Lipinski definition) is 6. The minimum atomic E-state index is -0.731. The number of amides is 1. The van der Waals surface area contributed by atoms with Crippen LogP contribution in [-0.2, 0) is 14.3 Å². The molecule has 0 spiro atoms. The van der Waals surface area contributed by atoms with E-state index < -0.39 is 17.7 Å². The second-order valence-electron chi connectivity index (χ2n) is 7.50. The molecule has 1 aliphatic rings. The van der Waals surface area contributed by atoms with Gasteiger partial charge in [0, 0.05) is 31.6 Å². The summed E-state index contributed by atoms with van der Waals surface area (Å²) in [5, 5.41) is 11.0. The molecule has 1 saturated heterocycles. The first kappa shape index (κ1) is 21.5. The summed E-state index contributed by atoms with van der Waals surface area (Å²) in [6.45, 7) is 5.19. The number of aliphatic hydroxyl groups excluding tert-OH is 1. The molecule has 7 nitrogen and oxygen atoms in total. The molecule has 1 aromatic carbocycles. The molecule has 2 heterocycles. The van der Waals surface area contributed by atoms with Crippen LogP contribution in [-0.4, -0.2) is 53.5 Å². The van der Waals surface area contributed by atoms with Crippen molar-refractivity contribution in [1.82, 2.24) is 9.88 Å². The van der Waals surface area contributed by atoms with Crippen molar-refractivity contribution in [3.05, 3.63) is 65.5 Å². The van der Waals surface area contributed by atoms with Crippen LogP contribution in [0.15, 0.2) is 54.4 Å². The van der Waals surface area contributed by atoms with E-state index in [2.05, 4.69) is 18.8 Å². The van der Waals surface area contributed by atoms with Crippen molar-refractivity contribution in [3.8, 4) is 5.75 Å². The Balaban J connectivity index is 2.00. The van der Waals surface area contributed by atoms with Gasteiger partial charge in [0.2, 0.25) is 0 Å². The molecule has 3 rings (SSSR count). The van der Waals surface area contributed by atoms with Gasteiger partial charge in [0.25, 0.3) is 11.7 Å². The van der Waals surface area contributed by atoms with Crippen molar-refractivity contribution in [2.45, 2.75) is 19.9 Å². The van der Waals surface area contributed by atoms with E-state index in [0.29, 0.717) is 29.4 Å². The summed E-state index contributed by atoms with van der Waals surface area (Å²) in [6.07, 6.45) is 3.20. The SMILES string of the molecule is COCCN1C(=O)C(=O)/C(=C(/O)c2ccc(OCC(C)C)cc2)[C@@H]1c1cccnc1. The minimum Gasteiger partial charge on any atom is -0.507 e. The van der Waals surface area contributed by atoms with Crippen LogP contribution in [0, 0.1) is 5.92 Å². The highest BCUT2D eigenvalue weighted by molar-refractivity contribution is 6.46. The van der Waals surface area contributed by atoms with E-state index in [1.165, 1.54) is 12.0 Å². The zero-order valence-corrected chi connectivity index (χ0v) is 17.4. The van der Waals surface area contributed by atoms with E-state index in [9.17, 15) is 14.7 Å². The fourth-order valence-corrected chi connectivity index (χ4v) is 3.31. The Labute approximate surface area is 175 Å². The summed E-state index contributed by atoms with van der Waals surface area (Å²) in [5.74, 6) is -0.556. The highest BCUT2D eigenvalue weighted by Crippen LogP contribution is 2.39. The summed E-state index contributed by atoms with van der Waals surface area (Å²) in [7, 11) is 1.53. The number of nitrogens with zero attached hydrogens (tertiary/aromatic N) is 2.